The number of amides is 1. The molecular formula is C23H22F3N3O. The second-order valence-corrected chi connectivity index (χ2v) is 8.90. The molecule has 2 bridgehead atoms. The maximum Gasteiger partial charge on any atom is 0.416 e. The Balaban J connectivity index is 1.40. The van der Waals surface area contributed by atoms with Crippen LogP contribution in [0.25, 0.3) is 10.9 Å². The van der Waals surface area contributed by atoms with Gasteiger partial charge in [-0.05, 0) is 60.4 Å². The Morgan fingerprint density at radius 3 is 2.47 bits per heavy atom. The molecule has 7 heteroatoms. The van der Waals surface area contributed by atoms with Gasteiger partial charge in [0.2, 0.25) is 0 Å². The third kappa shape index (κ3) is 2.99. The zero-order valence-corrected chi connectivity index (χ0v) is 16.6. The van der Waals surface area contributed by atoms with E-state index in [4.69, 9.17) is 0 Å². The van der Waals surface area contributed by atoms with Gasteiger partial charge >= 0.3 is 6.18 Å². The molecule has 0 spiro atoms. The number of hydrogen-bond donors (Lipinski definition) is 2. The molecule has 3 aliphatic rings. The van der Waals surface area contributed by atoms with Crippen molar-refractivity contribution in [1.82, 2.24) is 15.5 Å². The van der Waals surface area contributed by atoms with Crippen LogP contribution in [0.2, 0.25) is 0 Å². The number of carbonyl (C=O) groups is 1. The van der Waals surface area contributed by atoms with E-state index in [0.717, 1.165) is 59.8 Å². The van der Waals surface area contributed by atoms with Crippen molar-refractivity contribution in [3.05, 3.63) is 64.8 Å². The highest BCUT2D eigenvalue weighted by Crippen LogP contribution is 2.68. The van der Waals surface area contributed by atoms with Gasteiger partial charge in [-0.1, -0.05) is 37.6 Å². The molecule has 0 saturated heterocycles. The predicted molar refractivity (Wildman–Crippen MR) is 107 cm³/mol. The summed E-state index contributed by atoms with van der Waals surface area (Å²) >= 11 is 0. The van der Waals surface area contributed by atoms with Crippen molar-refractivity contribution >= 4 is 16.8 Å². The molecule has 2 aromatic carbocycles. The molecule has 2 N–H and O–H groups in total. The van der Waals surface area contributed by atoms with Gasteiger partial charge < -0.3 is 5.32 Å². The van der Waals surface area contributed by atoms with E-state index in [2.05, 4.69) is 22.4 Å². The van der Waals surface area contributed by atoms with Crippen LogP contribution in [0.5, 0.6) is 0 Å². The summed E-state index contributed by atoms with van der Waals surface area (Å²) in [4.78, 5) is 13.0. The first-order valence-corrected chi connectivity index (χ1v) is 10.2. The van der Waals surface area contributed by atoms with Crippen LogP contribution in [-0.2, 0) is 12.6 Å². The lowest BCUT2D eigenvalue weighted by molar-refractivity contribution is -0.149. The SMILES string of the molecule is CCC12CC(NC(=O)c3n[nH]c4cccc(Cc5ccc(C(F)(F)F)cc5)c34)(C1)C2. The molecule has 1 amide bonds. The van der Waals surface area contributed by atoms with Crippen molar-refractivity contribution in [3.8, 4) is 0 Å². The fourth-order valence-electron chi connectivity index (χ4n) is 5.29. The van der Waals surface area contributed by atoms with Crippen LogP contribution in [0.3, 0.4) is 0 Å². The summed E-state index contributed by atoms with van der Waals surface area (Å²) in [5.74, 6) is -0.189. The molecule has 0 radical (unpaired) electrons. The quantitative estimate of drug-likeness (QED) is 0.601. The lowest BCUT2D eigenvalue weighted by Crippen LogP contribution is -2.74. The smallest absolute Gasteiger partial charge is 0.345 e. The maximum atomic E-state index is 13.0. The Hall–Kier alpha value is -2.83. The lowest BCUT2D eigenvalue weighted by Gasteiger charge is -2.70. The van der Waals surface area contributed by atoms with Crippen LogP contribution >= 0.6 is 0 Å². The first-order valence-electron chi connectivity index (χ1n) is 10.2. The number of alkyl halides is 3. The van der Waals surface area contributed by atoms with Gasteiger partial charge in [0.25, 0.3) is 5.91 Å². The molecule has 3 fully saturated rings. The van der Waals surface area contributed by atoms with Gasteiger partial charge in [0.1, 0.15) is 0 Å². The van der Waals surface area contributed by atoms with Crippen LogP contribution in [0.4, 0.5) is 13.2 Å². The molecule has 0 unspecified atom stereocenters. The summed E-state index contributed by atoms with van der Waals surface area (Å²) in [5.41, 5.74) is 2.36. The minimum absolute atomic E-state index is 0.0826. The van der Waals surface area contributed by atoms with Crippen LogP contribution in [-0.4, -0.2) is 21.6 Å². The number of H-pyrrole nitrogens is 1. The van der Waals surface area contributed by atoms with E-state index >= 15 is 0 Å². The second kappa shape index (κ2) is 6.33. The third-order valence-corrected chi connectivity index (χ3v) is 6.84. The van der Waals surface area contributed by atoms with E-state index in [-0.39, 0.29) is 11.4 Å². The zero-order chi connectivity index (χ0) is 21.1. The molecule has 1 aromatic heterocycles. The molecule has 0 atom stereocenters. The van der Waals surface area contributed by atoms with E-state index in [1.807, 2.05) is 18.2 Å². The standard InChI is InChI=1S/C23H22F3N3O/c1-2-21-11-22(12-21,13-21)27-20(30)19-18-15(4-3-5-17(18)28-29-19)10-14-6-8-16(9-7-14)23(24,25)26/h3-9H,2,10-13H2,1H3,(H,27,30)(H,28,29). The molecule has 4 nitrogen and oxygen atoms in total. The molecule has 3 aliphatic carbocycles. The lowest BCUT2D eigenvalue weighted by atomic mass is 9.38. The number of hydrogen-bond acceptors (Lipinski definition) is 2. The highest BCUT2D eigenvalue weighted by atomic mass is 19.4. The second-order valence-electron chi connectivity index (χ2n) is 8.90. The number of fused-ring (bicyclic) bond motifs is 1. The van der Waals surface area contributed by atoms with Gasteiger partial charge in [-0.3, -0.25) is 9.89 Å². The number of benzene rings is 2. The summed E-state index contributed by atoms with van der Waals surface area (Å²) in [5, 5.41) is 11.1. The summed E-state index contributed by atoms with van der Waals surface area (Å²) < 4.78 is 38.5. The Labute approximate surface area is 171 Å². The number of nitrogens with zero attached hydrogens (tertiary/aromatic N) is 1. The van der Waals surface area contributed by atoms with Crippen LogP contribution in [0.15, 0.2) is 42.5 Å². The van der Waals surface area contributed by atoms with Crippen LogP contribution in [0, 0.1) is 5.41 Å². The molecule has 156 valence electrons. The van der Waals surface area contributed by atoms with Crippen molar-refractivity contribution in [2.45, 2.75) is 50.7 Å². The fraction of sp³-hybridized carbons (Fsp3) is 0.391. The number of aromatic nitrogens is 2. The van der Waals surface area contributed by atoms with Crippen molar-refractivity contribution in [3.63, 3.8) is 0 Å². The van der Waals surface area contributed by atoms with Gasteiger partial charge in [-0.15, -0.1) is 0 Å². The maximum absolute atomic E-state index is 13.0. The number of nitrogens with one attached hydrogen (secondary N) is 2. The van der Waals surface area contributed by atoms with Gasteiger partial charge in [-0.25, -0.2) is 0 Å². The van der Waals surface area contributed by atoms with E-state index in [1.54, 1.807) is 0 Å². The van der Waals surface area contributed by atoms with Crippen LogP contribution < -0.4 is 5.32 Å². The minimum Gasteiger partial charge on any atom is -0.345 e. The Bertz CT molecular complexity index is 1110. The first-order chi connectivity index (χ1) is 14.2. The average Bonchev–Trinajstić information content (AvgIpc) is 3.08. The summed E-state index contributed by atoms with van der Waals surface area (Å²) in [6.07, 6.45) is 0.299. The molecular weight excluding hydrogens is 391 g/mol. The van der Waals surface area contributed by atoms with Crippen molar-refractivity contribution in [2.75, 3.05) is 0 Å². The topological polar surface area (TPSA) is 57.8 Å². The molecule has 6 rings (SSSR count). The monoisotopic (exact) mass is 413 g/mol. The normalized spacial score (nSPS) is 24.9. The Morgan fingerprint density at radius 1 is 1.13 bits per heavy atom. The minimum atomic E-state index is -4.35. The van der Waals surface area contributed by atoms with Crippen LogP contribution in [0.1, 0.15) is 59.8 Å². The van der Waals surface area contributed by atoms with E-state index in [0.29, 0.717) is 17.5 Å². The molecule has 1 heterocycles. The van der Waals surface area contributed by atoms with Gasteiger partial charge in [0.05, 0.1) is 11.1 Å². The molecule has 0 aliphatic heterocycles. The number of halogens is 3. The van der Waals surface area contributed by atoms with E-state index in [1.165, 1.54) is 12.1 Å². The number of rotatable bonds is 5. The highest BCUT2D eigenvalue weighted by Gasteiger charge is 2.67. The van der Waals surface area contributed by atoms with Crippen molar-refractivity contribution in [1.29, 1.82) is 0 Å². The van der Waals surface area contributed by atoms with Crippen molar-refractivity contribution in [2.24, 2.45) is 5.41 Å². The van der Waals surface area contributed by atoms with Gasteiger partial charge in [0.15, 0.2) is 5.69 Å². The predicted octanol–water partition coefficient (Wildman–Crippen LogP) is 5.24. The summed E-state index contributed by atoms with van der Waals surface area (Å²) in [6.45, 7) is 2.19. The summed E-state index contributed by atoms with van der Waals surface area (Å²) in [7, 11) is 0. The van der Waals surface area contributed by atoms with Gasteiger partial charge in [-0.2, -0.15) is 18.3 Å². The summed E-state index contributed by atoms with van der Waals surface area (Å²) in [6, 6.07) is 10.7. The fourth-order valence-corrected chi connectivity index (χ4v) is 5.29. The van der Waals surface area contributed by atoms with E-state index < -0.39 is 11.7 Å². The Kier molecular flexibility index (Phi) is 4.04. The molecule has 30 heavy (non-hydrogen) atoms. The van der Waals surface area contributed by atoms with E-state index in [9.17, 15) is 18.0 Å². The number of aromatic amines is 1. The molecule has 3 saturated carbocycles. The number of carbonyl (C=O) groups excluding carboxylic acids is 1. The molecule has 3 aromatic rings. The van der Waals surface area contributed by atoms with Crippen molar-refractivity contribution < 1.29 is 18.0 Å². The highest BCUT2D eigenvalue weighted by molar-refractivity contribution is 6.06. The Morgan fingerprint density at radius 2 is 1.83 bits per heavy atom. The average molecular weight is 413 g/mol. The van der Waals surface area contributed by atoms with Gasteiger partial charge in [0, 0.05) is 10.9 Å². The first kappa shape index (κ1) is 19.2. The largest absolute Gasteiger partial charge is 0.416 e. The zero-order valence-electron chi connectivity index (χ0n) is 16.6. The third-order valence-electron chi connectivity index (χ3n) is 6.84.